The Labute approximate surface area is 196 Å². The number of benzene rings is 1. The Balaban J connectivity index is 1.96. The van der Waals surface area contributed by atoms with Crippen molar-refractivity contribution >= 4 is 35.0 Å². The molecular formula is C26H35FN4S. The monoisotopic (exact) mass is 454 g/mol. The maximum atomic E-state index is 14.0. The summed E-state index contributed by atoms with van der Waals surface area (Å²) >= 11 is 1.75. The Morgan fingerprint density at radius 3 is 2.62 bits per heavy atom. The van der Waals surface area contributed by atoms with Crippen molar-refractivity contribution in [2.24, 2.45) is 10.9 Å². The van der Waals surface area contributed by atoms with E-state index in [-0.39, 0.29) is 5.82 Å². The molecule has 1 fully saturated rings. The number of nitrogens with one attached hydrogen (secondary N) is 1. The second-order valence-corrected chi connectivity index (χ2v) is 9.52. The number of aromatic nitrogens is 2. The van der Waals surface area contributed by atoms with Gasteiger partial charge in [0.05, 0.1) is 16.3 Å². The Morgan fingerprint density at radius 2 is 1.97 bits per heavy atom. The van der Waals surface area contributed by atoms with Gasteiger partial charge in [-0.15, -0.1) is 11.8 Å². The van der Waals surface area contributed by atoms with E-state index in [4.69, 9.17) is 4.98 Å². The summed E-state index contributed by atoms with van der Waals surface area (Å²) in [5.74, 6) is 1.96. The van der Waals surface area contributed by atoms with Crippen molar-refractivity contribution < 1.29 is 4.39 Å². The van der Waals surface area contributed by atoms with Crippen LogP contribution in [-0.2, 0) is 0 Å². The van der Waals surface area contributed by atoms with Gasteiger partial charge in [0, 0.05) is 23.6 Å². The number of hydrogen-bond donors (Lipinski definition) is 1. The average molecular weight is 455 g/mol. The van der Waals surface area contributed by atoms with Crippen molar-refractivity contribution in [2.75, 3.05) is 11.1 Å². The molecule has 1 aromatic carbocycles. The zero-order chi connectivity index (χ0) is 22.8. The number of halogens is 1. The van der Waals surface area contributed by atoms with Crippen LogP contribution < -0.4 is 5.32 Å². The molecule has 0 saturated heterocycles. The first-order chi connectivity index (χ1) is 15.6. The second kappa shape index (κ2) is 12.7. The first kappa shape index (κ1) is 24.4. The van der Waals surface area contributed by atoms with Crippen molar-refractivity contribution in [1.82, 2.24) is 9.97 Å². The van der Waals surface area contributed by atoms with Crippen LogP contribution in [0.1, 0.15) is 76.5 Å². The van der Waals surface area contributed by atoms with Gasteiger partial charge >= 0.3 is 0 Å². The highest BCUT2D eigenvalue weighted by atomic mass is 32.2. The van der Waals surface area contributed by atoms with Gasteiger partial charge in [-0.2, -0.15) is 0 Å². The van der Waals surface area contributed by atoms with Crippen LogP contribution in [0.3, 0.4) is 0 Å². The summed E-state index contributed by atoms with van der Waals surface area (Å²) < 4.78 is 14.0. The first-order valence-corrected chi connectivity index (χ1v) is 12.8. The fraction of sp³-hybridized carbons (Fsp3) is 0.500. The Kier molecular flexibility index (Phi) is 9.72. The number of thioether (sulfide) groups is 1. The lowest BCUT2D eigenvalue weighted by Crippen LogP contribution is -2.17. The van der Waals surface area contributed by atoms with Crippen LogP contribution in [0.4, 0.5) is 10.3 Å². The standard InChI is InChI=1S/C26H35FN4S/c1-4-9-19(10-5-2)18-32-25(24(28-3)20-11-8-12-21(27)17-20)23-15-16-29-26(31-23)30-22-13-6-7-14-22/h8,11-12,15-17,19,22H,3-7,9-10,13-14,18H2,1-2H3,(H,29,30,31)/b25-24-. The molecule has 1 heterocycles. The molecule has 0 spiro atoms. The molecule has 0 amide bonds. The normalized spacial score (nSPS) is 15.1. The van der Waals surface area contributed by atoms with Crippen LogP contribution in [0.2, 0.25) is 0 Å². The molecule has 1 aliphatic carbocycles. The van der Waals surface area contributed by atoms with Gasteiger partial charge in [0.15, 0.2) is 0 Å². The van der Waals surface area contributed by atoms with Crippen LogP contribution in [0, 0.1) is 11.7 Å². The lowest BCUT2D eigenvalue weighted by molar-refractivity contribution is 0.489. The molecule has 1 aromatic heterocycles. The maximum Gasteiger partial charge on any atom is 0.223 e. The van der Waals surface area contributed by atoms with Crippen LogP contribution in [-0.4, -0.2) is 28.5 Å². The molecule has 2 aromatic rings. The van der Waals surface area contributed by atoms with Gasteiger partial charge in [-0.1, -0.05) is 51.7 Å². The van der Waals surface area contributed by atoms with Crippen LogP contribution in [0.25, 0.3) is 10.6 Å². The predicted molar refractivity (Wildman–Crippen MR) is 136 cm³/mol. The summed E-state index contributed by atoms with van der Waals surface area (Å²) in [5, 5.41) is 3.49. The third-order valence-corrected chi connectivity index (χ3v) is 7.23. The van der Waals surface area contributed by atoms with Gasteiger partial charge in [0.1, 0.15) is 5.82 Å². The molecule has 0 radical (unpaired) electrons. The largest absolute Gasteiger partial charge is 0.351 e. The van der Waals surface area contributed by atoms with E-state index in [0.29, 0.717) is 29.2 Å². The number of anilines is 1. The molecule has 0 unspecified atom stereocenters. The third kappa shape index (κ3) is 6.89. The fourth-order valence-corrected chi connectivity index (χ4v) is 5.65. The number of aliphatic imine (C=N–C) groups is 1. The minimum atomic E-state index is -0.283. The lowest BCUT2D eigenvalue weighted by atomic mass is 10.0. The molecule has 4 nitrogen and oxygen atoms in total. The zero-order valence-electron chi connectivity index (χ0n) is 19.3. The Bertz CT molecular complexity index is 902. The molecule has 172 valence electrons. The molecule has 0 bridgehead atoms. The van der Waals surface area contributed by atoms with Crippen LogP contribution >= 0.6 is 11.8 Å². The molecule has 3 rings (SSSR count). The first-order valence-electron chi connectivity index (χ1n) is 11.8. The molecule has 0 aliphatic heterocycles. The number of hydrogen-bond acceptors (Lipinski definition) is 5. The third-order valence-electron chi connectivity index (χ3n) is 5.91. The summed E-state index contributed by atoms with van der Waals surface area (Å²) in [7, 11) is 0. The summed E-state index contributed by atoms with van der Waals surface area (Å²) in [4.78, 5) is 14.6. The molecule has 1 N–H and O–H groups in total. The summed E-state index contributed by atoms with van der Waals surface area (Å²) in [5.41, 5.74) is 2.20. The highest BCUT2D eigenvalue weighted by molar-refractivity contribution is 8.08. The molecule has 1 aliphatic rings. The SMILES string of the molecule is C=N/C(=C(\SCC(CCC)CCC)c1ccnc(NC2CCCC2)n1)c1cccc(F)c1. The van der Waals surface area contributed by atoms with E-state index in [1.807, 2.05) is 12.1 Å². The second-order valence-electron chi connectivity index (χ2n) is 8.49. The van der Waals surface area contributed by atoms with Crippen molar-refractivity contribution in [1.29, 1.82) is 0 Å². The average Bonchev–Trinajstić information content (AvgIpc) is 3.30. The quantitative estimate of drug-likeness (QED) is 0.338. The van der Waals surface area contributed by atoms with E-state index in [9.17, 15) is 4.39 Å². The molecule has 32 heavy (non-hydrogen) atoms. The van der Waals surface area contributed by atoms with Gasteiger partial charge in [0.25, 0.3) is 0 Å². The Morgan fingerprint density at radius 1 is 1.22 bits per heavy atom. The predicted octanol–water partition coefficient (Wildman–Crippen LogP) is 7.45. The van der Waals surface area contributed by atoms with E-state index in [1.54, 1.807) is 24.0 Å². The lowest BCUT2D eigenvalue weighted by Gasteiger charge is -2.18. The van der Waals surface area contributed by atoms with Crippen molar-refractivity contribution in [3.05, 3.63) is 53.6 Å². The van der Waals surface area contributed by atoms with Gasteiger partial charge in [0.2, 0.25) is 5.95 Å². The highest BCUT2D eigenvalue weighted by Crippen LogP contribution is 2.38. The molecule has 1 saturated carbocycles. The van der Waals surface area contributed by atoms with E-state index in [2.05, 4.69) is 35.9 Å². The van der Waals surface area contributed by atoms with Crippen LogP contribution in [0.15, 0.2) is 41.5 Å². The van der Waals surface area contributed by atoms with Crippen molar-refractivity contribution in [3.63, 3.8) is 0 Å². The van der Waals surface area contributed by atoms with E-state index < -0.39 is 0 Å². The van der Waals surface area contributed by atoms with Gasteiger partial charge in [-0.25, -0.2) is 14.4 Å². The topological polar surface area (TPSA) is 50.2 Å². The highest BCUT2D eigenvalue weighted by Gasteiger charge is 2.19. The Hall–Kier alpha value is -2.21. The zero-order valence-corrected chi connectivity index (χ0v) is 20.1. The van der Waals surface area contributed by atoms with Gasteiger partial charge < -0.3 is 5.32 Å². The minimum absolute atomic E-state index is 0.283. The van der Waals surface area contributed by atoms with E-state index in [0.717, 1.165) is 29.2 Å². The van der Waals surface area contributed by atoms with Gasteiger partial charge in [-0.3, -0.25) is 4.99 Å². The minimum Gasteiger partial charge on any atom is -0.351 e. The molecule has 6 heteroatoms. The summed E-state index contributed by atoms with van der Waals surface area (Å²) in [6.45, 7) is 8.29. The van der Waals surface area contributed by atoms with Crippen molar-refractivity contribution in [3.8, 4) is 0 Å². The van der Waals surface area contributed by atoms with Crippen molar-refractivity contribution in [2.45, 2.75) is 71.3 Å². The summed E-state index contributed by atoms with van der Waals surface area (Å²) in [6, 6.07) is 8.90. The molecular weight excluding hydrogens is 419 g/mol. The maximum absolute atomic E-state index is 14.0. The smallest absolute Gasteiger partial charge is 0.223 e. The van der Waals surface area contributed by atoms with Gasteiger partial charge in [-0.05, 0) is 56.5 Å². The van der Waals surface area contributed by atoms with E-state index >= 15 is 0 Å². The van der Waals surface area contributed by atoms with E-state index in [1.165, 1.54) is 50.7 Å². The summed E-state index contributed by atoms with van der Waals surface area (Å²) in [6.07, 6.45) is 11.3. The number of nitrogens with zero attached hydrogens (tertiary/aromatic N) is 3. The fourth-order valence-electron chi connectivity index (χ4n) is 4.33. The van der Waals surface area contributed by atoms with Crippen LogP contribution in [0.5, 0.6) is 0 Å². The number of rotatable bonds is 12. The molecule has 0 atom stereocenters.